The number of aryl methyl sites for hydroxylation is 1. The van der Waals surface area contributed by atoms with Crippen LogP contribution in [0.25, 0.3) is 0 Å². The molecule has 3 nitrogen and oxygen atoms in total. The Labute approximate surface area is 79.9 Å². The molecule has 0 spiro atoms. The van der Waals surface area contributed by atoms with Gasteiger partial charge in [-0.05, 0) is 24.1 Å². The van der Waals surface area contributed by atoms with E-state index in [-0.39, 0.29) is 11.5 Å². The number of aldehydes is 1. The predicted octanol–water partition coefficient (Wildman–Crippen LogP) is 1.52. The lowest BCUT2D eigenvalue weighted by Gasteiger charge is -2.16. The highest BCUT2D eigenvalue weighted by atomic mass is 19.1. The third kappa shape index (κ3) is 1.39. The minimum Gasteiger partial charge on any atom is -0.326 e. The second-order valence-corrected chi connectivity index (χ2v) is 3.20. The number of rotatable bonds is 1. The molecule has 0 aromatic heterocycles. The quantitative estimate of drug-likeness (QED) is 0.687. The summed E-state index contributed by atoms with van der Waals surface area (Å²) in [5.41, 5.74) is 1.27. The van der Waals surface area contributed by atoms with Crippen molar-refractivity contribution >= 4 is 17.9 Å². The molecule has 0 fully saturated rings. The van der Waals surface area contributed by atoms with Crippen LogP contribution in [0.1, 0.15) is 22.3 Å². The normalized spacial score (nSPS) is 14.5. The summed E-state index contributed by atoms with van der Waals surface area (Å²) in [4.78, 5) is 21.5. The first-order valence-electron chi connectivity index (χ1n) is 4.28. The first kappa shape index (κ1) is 8.87. The summed E-state index contributed by atoms with van der Waals surface area (Å²) in [6, 6.07) is 2.67. The van der Waals surface area contributed by atoms with Gasteiger partial charge in [0.2, 0.25) is 5.91 Å². The highest BCUT2D eigenvalue weighted by Crippen LogP contribution is 2.24. The van der Waals surface area contributed by atoms with Gasteiger partial charge in [0.15, 0.2) is 6.29 Å². The van der Waals surface area contributed by atoms with E-state index in [0.29, 0.717) is 24.8 Å². The number of anilines is 1. The van der Waals surface area contributed by atoms with E-state index in [9.17, 15) is 14.0 Å². The van der Waals surface area contributed by atoms with Crippen molar-refractivity contribution in [3.05, 3.63) is 29.1 Å². The number of nitrogens with one attached hydrogen (secondary N) is 1. The van der Waals surface area contributed by atoms with Crippen molar-refractivity contribution in [2.45, 2.75) is 12.8 Å². The fourth-order valence-corrected chi connectivity index (χ4v) is 1.51. The Hall–Kier alpha value is -1.71. The SMILES string of the molecule is O=Cc1cc2c(cc1F)CCC(=O)N2. The largest absolute Gasteiger partial charge is 0.326 e. The molecule has 1 amide bonds. The molecule has 0 unspecified atom stereocenters. The number of hydrogen-bond acceptors (Lipinski definition) is 2. The van der Waals surface area contributed by atoms with E-state index >= 15 is 0 Å². The van der Waals surface area contributed by atoms with E-state index in [2.05, 4.69) is 5.32 Å². The van der Waals surface area contributed by atoms with Crippen molar-refractivity contribution in [2.24, 2.45) is 0 Å². The Balaban J connectivity index is 2.51. The predicted molar refractivity (Wildman–Crippen MR) is 48.7 cm³/mol. The van der Waals surface area contributed by atoms with Crippen LogP contribution in [0.4, 0.5) is 10.1 Å². The fourth-order valence-electron chi connectivity index (χ4n) is 1.51. The third-order valence-electron chi connectivity index (χ3n) is 2.24. The monoisotopic (exact) mass is 193 g/mol. The maximum absolute atomic E-state index is 13.1. The summed E-state index contributed by atoms with van der Waals surface area (Å²) in [7, 11) is 0. The molecule has 1 aliphatic rings. The van der Waals surface area contributed by atoms with E-state index in [1.54, 1.807) is 0 Å². The maximum Gasteiger partial charge on any atom is 0.224 e. The third-order valence-corrected chi connectivity index (χ3v) is 2.24. The van der Waals surface area contributed by atoms with Crippen LogP contribution in [-0.2, 0) is 11.2 Å². The van der Waals surface area contributed by atoms with E-state index in [1.807, 2.05) is 0 Å². The van der Waals surface area contributed by atoms with Crippen LogP contribution in [0, 0.1) is 5.82 Å². The molecule has 1 aromatic rings. The van der Waals surface area contributed by atoms with E-state index in [4.69, 9.17) is 0 Å². The average molecular weight is 193 g/mol. The number of benzene rings is 1. The van der Waals surface area contributed by atoms with Gasteiger partial charge in [0.25, 0.3) is 0 Å². The molecule has 1 N–H and O–H groups in total. The summed E-state index contributed by atoms with van der Waals surface area (Å²) in [5.74, 6) is -0.629. The van der Waals surface area contributed by atoms with E-state index < -0.39 is 5.82 Å². The van der Waals surface area contributed by atoms with Gasteiger partial charge >= 0.3 is 0 Å². The number of halogens is 1. The molecule has 0 radical (unpaired) electrons. The van der Waals surface area contributed by atoms with Crippen LogP contribution in [0.15, 0.2) is 12.1 Å². The minimum atomic E-state index is -0.533. The van der Waals surface area contributed by atoms with Crippen molar-refractivity contribution in [3.8, 4) is 0 Å². The number of carbonyl (C=O) groups is 2. The van der Waals surface area contributed by atoms with Gasteiger partial charge in [0, 0.05) is 12.1 Å². The molecule has 1 aromatic carbocycles. The number of carbonyl (C=O) groups excluding carboxylic acids is 2. The standard InChI is InChI=1S/C10H8FNO2/c11-8-3-6-1-2-10(14)12-9(6)4-7(8)5-13/h3-5H,1-2H2,(H,12,14). The average Bonchev–Trinajstić information content (AvgIpc) is 2.17. The van der Waals surface area contributed by atoms with Gasteiger partial charge in [-0.15, -0.1) is 0 Å². The van der Waals surface area contributed by atoms with Gasteiger partial charge in [-0.2, -0.15) is 0 Å². The molecule has 0 aliphatic carbocycles. The van der Waals surface area contributed by atoms with Crippen molar-refractivity contribution in [1.29, 1.82) is 0 Å². The Morgan fingerprint density at radius 1 is 1.36 bits per heavy atom. The van der Waals surface area contributed by atoms with E-state index in [1.165, 1.54) is 12.1 Å². The highest BCUT2D eigenvalue weighted by Gasteiger charge is 2.16. The van der Waals surface area contributed by atoms with Gasteiger partial charge in [0.05, 0.1) is 5.56 Å². The molecule has 4 heteroatoms. The van der Waals surface area contributed by atoms with Crippen molar-refractivity contribution < 1.29 is 14.0 Å². The Morgan fingerprint density at radius 3 is 2.86 bits per heavy atom. The zero-order valence-electron chi connectivity index (χ0n) is 7.34. The van der Waals surface area contributed by atoms with E-state index in [0.717, 1.165) is 5.56 Å². The van der Waals surface area contributed by atoms with Gasteiger partial charge in [0.1, 0.15) is 5.82 Å². The molecule has 1 heterocycles. The molecule has 72 valence electrons. The number of fused-ring (bicyclic) bond motifs is 1. The van der Waals surface area contributed by atoms with Crippen LogP contribution in [0.2, 0.25) is 0 Å². The first-order chi connectivity index (χ1) is 6.70. The molecule has 0 bridgehead atoms. The second-order valence-electron chi connectivity index (χ2n) is 3.20. The molecular formula is C10H8FNO2. The van der Waals surface area contributed by atoms with Crippen LogP contribution in [-0.4, -0.2) is 12.2 Å². The molecular weight excluding hydrogens is 185 g/mol. The summed E-state index contributed by atoms with van der Waals surface area (Å²) in [6.45, 7) is 0. The van der Waals surface area contributed by atoms with Gasteiger partial charge in [-0.1, -0.05) is 0 Å². The molecule has 1 aliphatic heterocycles. The lowest BCUT2D eigenvalue weighted by molar-refractivity contribution is -0.116. The Bertz CT molecular complexity index is 415. The van der Waals surface area contributed by atoms with Crippen LogP contribution in [0.3, 0.4) is 0 Å². The maximum atomic E-state index is 13.1. The highest BCUT2D eigenvalue weighted by molar-refractivity contribution is 5.95. The van der Waals surface area contributed by atoms with Crippen molar-refractivity contribution in [1.82, 2.24) is 0 Å². The zero-order valence-corrected chi connectivity index (χ0v) is 7.34. The summed E-state index contributed by atoms with van der Waals surface area (Å²) in [5, 5.41) is 2.60. The van der Waals surface area contributed by atoms with Gasteiger partial charge in [-0.25, -0.2) is 4.39 Å². The first-order valence-corrected chi connectivity index (χ1v) is 4.28. The smallest absolute Gasteiger partial charge is 0.224 e. The fraction of sp³-hybridized carbons (Fsp3) is 0.200. The molecule has 0 saturated carbocycles. The van der Waals surface area contributed by atoms with Crippen LogP contribution >= 0.6 is 0 Å². The van der Waals surface area contributed by atoms with Crippen molar-refractivity contribution in [3.63, 3.8) is 0 Å². The lowest BCUT2D eigenvalue weighted by Crippen LogP contribution is -2.19. The second kappa shape index (κ2) is 3.21. The summed E-state index contributed by atoms with van der Waals surface area (Å²) in [6.07, 6.45) is 1.33. The summed E-state index contributed by atoms with van der Waals surface area (Å²) < 4.78 is 13.1. The zero-order chi connectivity index (χ0) is 10.1. The molecule has 0 saturated heterocycles. The Kier molecular flexibility index (Phi) is 2.04. The molecule has 14 heavy (non-hydrogen) atoms. The number of hydrogen-bond donors (Lipinski definition) is 1. The topological polar surface area (TPSA) is 46.2 Å². The molecule has 0 atom stereocenters. The molecule has 2 rings (SSSR count). The minimum absolute atomic E-state index is 0.0223. The number of amides is 1. The van der Waals surface area contributed by atoms with Crippen LogP contribution < -0.4 is 5.32 Å². The van der Waals surface area contributed by atoms with Crippen molar-refractivity contribution in [2.75, 3.05) is 5.32 Å². The van der Waals surface area contributed by atoms with Crippen LogP contribution in [0.5, 0.6) is 0 Å². The van der Waals surface area contributed by atoms with Gasteiger partial charge < -0.3 is 5.32 Å². The lowest BCUT2D eigenvalue weighted by atomic mass is 10.0. The Morgan fingerprint density at radius 2 is 2.14 bits per heavy atom. The summed E-state index contributed by atoms with van der Waals surface area (Å²) >= 11 is 0. The van der Waals surface area contributed by atoms with Gasteiger partial charge in [-0.3, -0.25) is 9.59 Å².